The highest BCUT2D eigenvalue weighted by molar-refractivity contribution is 5.89. The molecular formula is C21H24ClN2O3-. The first-order valence-electron chi connectivity index (χ1n) is 9.44. The lowest BCUT2D eigenvalue weighted by atomic mass is 9.72. The summed E-state index contributed by atoms with van der Waals surface area (Å²) in [6, 6.07) is 8.88. The number of rotatable bonds is 1. The van der Waals surface area contributed by atoms with Crippen LogP contribution in [0.4, 0.5) is 0 Å². The molecule has 6 heteroatoms. The highest BCUT2D eigenvalue weighted by Crippen LogP contribution is 2.47. The summed E-state index contributed by atoms with van der Waals surface area (Å²) in [5.74, 6) is 0.258. The Balaban J connectivity index is 0.00000180. The minimum Gasteiger partial charge on any atom is -1.00 e. The number of para-hydroxylation sites is 1. The van der Waals surface area contributed by atoms with Crippen LogP contribution in [0.25, 0.3) is 10.9 Å². The van der Waals surface area contributed by atoms with Gasteiger partial charge in [-0.05, 0) is 31.4 Å². The maximum atomic E-state index is 12.3. The molecule has 4 heterocycles. The van der Waals surface area contributed by atoms with Crippen LogP contribution in [-0.2, 0) is 20.7 Å². The molecule has 1 aromatic carbocycles. The van der Waals surface area contributed by atoms with Gasteiger partial charge in [0.1, 0.15) is 0 Å². The van der Waals surface area contributed by atoms with Gasteiger partial charge in [-0.3, -0.25) is 4.90 Å². The normalized spacial score (nSPS) is 29.5. The van der Waals surface area contributed by atoms with Crippen molar-refractivity contribution in [2.75, 3.05) is 20.2 Å². The molecule has 144 valence electrons. The molecule has 1 fully saturated rings. The fourth-order valence-corrected chi connectivity index (χ4v) is 5.19. The Morgan fingerprint density at radius 1 is 1.33 bits per heavy atom. The second kappa shape index (κ2) is 6.88. The van der Waals surface area contributed by atoms with E-state index in [4.69, 9.17) is 9.47 Å². The first-order valence-corrected chi connectivity index (χ1v) is 9.44. The lowest BCUT2D eigenvalue weighted by molar-refractivity contribution is -0.139. The van der Waals surface area contributed by atoms with Gasteiger partial charge in [-0.25, -0.2) is 4.79 Å². The number of hydrogen-bond acceptors (Lipinski definition) is 4. The zero-order chi connectivity index (χ0) is 17.8. The first-order chi connectivity index (χ1) is 12.7. The van der Waals surface area contributed by atoms with Crippen LogP contribution in [0.3, 0.4) is 0 Å². The SMILES string of the molecule is COC(=O)C1=COC(C)C2CN3CCc4c([nH]c5ccccc45)C3CC12.[Cl-]. The summed E-state index contributed by atoms with van der Waals surface area (Å²) >= 11 is 0. The van der Waals surface area contributed by atoms with Gasteiger partial charge >= 0.3 is 5.97 Å². The van der Waals surface area contributed by atoms with Gasteiger partial charge in [0.05, 0.1) is 31.1 Å². The van der Waals surface area contributed by atoms with E-state index >= 15 is 0 Å². The number of aromatic amines is 1. The van der Waals surface area contributed by atoms with Gasteiger partial charge in [-0.2, -0.15) is 0 Å². The fourth-order valence-electron chi connectivity index (χ4n) is 5.19. The number of halogens is 1. The van der Waals surface area contributed by atoms with E-state index in [-0.39, 0.29) is 30.4 Å². The lowest BCUT2D eigenvalue weighted by Gasteiger charge is -2.49. The van der Waals surface area contributed by atoms with Crippen LogP contribution in [-0.4, -0.2) is 42.2 Å². The van der Waals surface area contributed by atoms with Crippen LogP contribution < -0.4 is 12.4 Å². The van der Waals surface area contributed by atoms with Crippen molar-refractivity contribution in [2.45, 2.75) is 31.9 Å². The second-order valence-electron chi connectivity index (χ2n) is 7.74. The lowest BCUT2D eigenvalue weighted by Crippen LogP contribution is -3.00. The molecule has 5 nitrogen and oxygen atoms in total. The van der Waals surface area contributed by atoms with Gasteiger partial charge in [0.15, 0.2) is 0 Å². The fraction of sp³-hybridized carbons (Fsp3) is 0.476. The maximum Gasteiger partial charge on any atom is 0.337 e. The van der Waals surface area contributed by atoms with Gasteiger partial charge in [-0.15, -0.1) is 0 Å². The number of carbonyl (C=O) groups excluding carboxylic acids is 1. The van der Waals surface area contributed by atoms with E-state index in [2.05, 4.69) is 41.1 Å². The number of piperidine rings is 1. The molecule has 0 radical (unpaired) electrons. The van der Waals surface area contributed by atoms with Crippen molar-refractivity contribution in [3.63, 3.8) is 0 Å². The van der Waals surface area contributed by atoms with E-state index < -0.39 is 0 Å². The molecule has 4 atom stereocenters. The molecule has 0 aliphatic carbocycles. The minimum atomic E-state index is -0.256. The molecule has 0 spiro atoms. The monoisotopic (exact) mass is 387 g/mol. The molecule has 5 rings (SSSR count). The Labute approximate surface area is 165 Å². The Morgan fingerprint density at radius 2 is 2.15 bits per heavy atom. The van der Waals surface area contributed by atoms with Crippen LogP contribution in [0.5, 0.6) is 0 Å². The van der Waals surface area contributed by atoms with Crippen molar-refractivity contribution in [3.05, 3.63) is 47.4 Å². The number of aromatic nitrogens is 1. The average molecular weight is 388 g/mol. The third kappa shape index (κ3) is 2.75. The molecule has 1 N–H and O–H groups in total. The third-order valence-electron chi connectivity index (χ3n) is 6.54. The number of nitrogens with zero attached hydrogens (tertiary/aromatic N) is 1. The third-order valence-corrected chi connectivity index (χ3v) is 6.54. The van der Waals surface area contributed by atoms with Crippen molar-refractivity contribution in [3.8, 4) is 0 Å². The van der Waals surface area contributed by atoms with E-state index in [9.17, 15) is 4.79 Å². The largest absolute Gasteiger partial charge is 1.00 e. The highest BCUT2D eigenvalue weighted by Gasteiger charge is 2.46. The summed E-state index contributed by atoms with van der Waals surface area (Å²) < 4.78 is 10.8. The number of hydrogen-bond donors (Lipinski definition) is 1. The molecule has 0 amide bonds. The van der Waals surface area contributed by atoms with Gasteiger partial charge in [0.25, 0.3) is 0 Å². The van der Waals surface area contributed by atoms with E-state index in [1.807, 2.05) is 0 Å². The summed E-state index contributed by atoms with van der Waals surface area (Å²) in [7, 11) is 1.45. The molecular weight excluding hydrogens is 364 g/mol. The molecule has 0 saturated carbocycles. The van der Waals surface area contributed by atoms with Crippen LogP contribution in [0.1, 0.15) is 30.6 Å². The Kier molecular flexibility index (Phi) is 4.68. The van der Waals surface area contributed by atoms with Crippen molar-refractivity contribution in [1.82, 2.24) is 9.88 Å². The molecule has 3 aliphatic heterocycles. The van der Waals surface area contributed by atoms with Crippen LogP contribution in [0, 0.1) is 11.8 Å². The van der Waals surface area contributed by atoms with E-state index in [0.717, 1.165) is 25.9 Å². The van der Waals surface area contributed by atoms with Gasteiger partial charge in [-0.1, -0.05) is 18.2 Å². The number of fused-ring (bicyclic) bond motifs is 6. The zero-order valence-electron chi connectivity index (χ0n) is 15.6. The standard InChI is InChI=1S/C21H24N2O3.ClH/c1-12-16-10-23-8-7-14-13-5-3-4-6-18(13)22-20(14)19(23)9-15(16)17(11-26-12)21(24)25-2;/h3-6,11-12,15-16,19,22H,7-10H2,1-2H3;1H/p-1. The number of benzene rings is 1. The molecule has 1 saturated heterocycles. The number of esters is 1. The zero-order valence-corrected chi connectivity index (χ0v) is 16.3. The van der Waals surface area contributed by atoms with Gasteiger partial charge in [0.2, 0.25) is 0 Å². The van der Waals surface area contributed by atoms with Gasteiger partial charge < -0.3 is 26.9 Å². The van der Waals surface area contributed by atoms with Gasteiger partial charge in [0, 0.05) is 41.5 Å². The van der Waals surface area contributed by atoms with E-state index in [0.29, 0.717) is 17.5 Å². The number of ether oxygens (including phenoxy) is 2. The summed E-state index contributed by atoms with van der Waals surface area (Å²) in [6.45, 7) is 4.13. The van der Waals surface area contributed by atoms with Crippen LogP contribution >= 0.6 is 0 Å². The molecule has 3 aliphatic rings. The Hall–Kier alpha value is -1.98. The summed E-state index contributed by atoms with van der Waals surface area (Å²) in [6.07, 6.45) is 3.77. The number of methoxy groups -OCH3 is 1. The van der Waals surface area contributed by atoms with Crippen LogP contribution in [0.15, 0.2) is 36.1 Å². The molecule has 1 aromatic heterocycles. The minimum absolute atomic E-state index is 0. The summed E-state index contributed by atoms with van der Waals surface area (Å²) in [5, 5.41) is 1.34. The Morgan fingerprint density at radius 3 is 2.96 bits per heavy atom. The van der Waals surface area contributed by atoms with Crippen LogP contribution in [0.2, 0.25) is 0 Å². The quantitative estimate of drug-likeness (QED) is 0.709. The molecule has 4 unspecified atom stereocenters. The maximum absolute atomic E-state index is 12.3. The number of H-pyrrole nitrogens is 1. The molecule has 27 heavy (non-hydrogen) atoms. The second-order valence-corrected chi connectivity index (χ2v) is 7.74. The molecule has 2 aromatic rings. The number of nitrogens with one attached hydrogen (secondary N) is 1. The van der Waals surface area contributed by atoms with Crippen molar-refractivity contribution >= 4 is 16.9 Å². The first kappa shape index (κ1) is 18.4. The van der Waals surface area contributed by atoms with E-state index in [1.165, 1.54) is 29.3 Å². The summed E-state index contributed by atoms with van der Waals surface area (Å²) in [5.41, 5.74) is 4.69. The highest BCUT2D eigenvalue weighted by atomic mass is 35.5. The van der Waals surface area contributed by atoms with Crippen molar-refractivity contribution < 1.29 is 26.7 Å². The van der Waals surface area contributed by atoms with E-state index in [1.54, 1.807) is 6.26 Å². The molecule has 0 bridgehead atoms. The Bertz CT molecular complexity index is 906. The van der Waals surface area contributed by atoms with Crippen molar-refractivity contribution in [2.24, 2.45) is 11.8 Å². The summed E-state index contributed by atoms with van der Waals surface area (Å²) in [4.78, 5) is 18.5. The number of carbonyl (C=O) groups is 1. The predicted molar refractivity (Wildman–Crippen MR) is 98.6 cm³/mol. The van der Waals surface area contributed by atoms with Crippen molar-refractivity contribution in [1.29, 1.82) is 0 Å². The topological polar surface area (TPSA) is 54.6 Å². The smallest absolute Gasteiger partial charge is 0.337 e. The predicted octanol–water partition coefficient (Wildman–Crippen LogP) is 0.183. The average Bonchev–Trinajstić information content (AvgIpc) is 3.06.